The van der Waals surface area contributed by atoms with Crippen molar-refractivity contribution in [3.63, 3.8) is 0 Å². The van der Waals surface area contributed by atoms with Gasteiger partial charge < -0.3 is 10.6 Å². The van der Waals surface area contributed by atoms with Crippen LogP contribution < -0.4 is 10.6 Å². The molecule has 0 atom stereocenters. The molecule has 0 bridgehead atoms. The van der Waals surface area contributed by atoms with Crippen molar-refractivity contribution in [3.05, 3.63) is 30.4 Å². The summed E-state index contributed by atoms with van der Waals surface area (Å²) in [6.07, 6.45) is 9.09. The fraction of sp³-hybridized carbons (Fsp3) is 0.417. The zero-order chi connectivity index (χ0) is 12.4. The highest BCUT2D eigenvalue weighted by molar-refractivity contribution is 6.00. The summed E-state index contributed by atoms with van der Waals surface area (Å²) in [5.74, 6) is -0.101. The van der Waals surface area contributed by atoms with Gasteiger partial charge in [-0.15, -0.1) is 0 Å². The maximum absolute atomic E-state index is 12.0. The predicted molar refractivity (Wildman–Crippen MR) is 66.3 cm³/mol. The molecule has 2 heterocycles. The summed E-state index contributed by atoms with van der Waals surface area (Å²) in [6, 6.07) is 0.670. The van der Waals surface area contributed by atoms with Crippen LogP contribution in [0.3, 0.4) is 0 Å². The van der Waals surface area contributed by atoms with Crippen LogP contribution in [0.15, 0.2) is 24.8 Å². The summed E-state index contributed by atoms with van der Waals surface area (Å²) >= 11 is 0. The van der Waals surface area contributed by atoms with E-state index in [1.165, 1.54) is 12.8 Å². The first-order valence-electron chi connectivity index (χ1n) is 6.13. The van der Waals surface area contributed by atoms with Crippen LogP contribution >= 0.6 is 0 Å². The van der Waals surface area contributed by atoms with Gasteiger partial charge in [-0.05, 0) is 12.8 Å². The average molecular weight is 245 g/mol. The number of nitrogens with one attached hydrogen (secondary N) is 2. The Bertz CT molecular complexity index is 560. The second-order valence-electron chi connectivity index (χ2n) is 4.45. The molecule has 0 aromatic carbocycles. The van der Waals surface area contributed by atoms with Crippen molar-refractivity contribution < 1.29 is 4.79 Å². The van der Waals surface area contributed by atoms with Crippen molar-refractivity contribution in [3.8, 4) is 0 Å². The molecule has 94 valence electrons. The van der Waals surface area contributed by atoms with E-state index in [1.54, 1.807) is 29.3 Å². The molecule has 1 aliphatic rings. The van der Waals surface area contributed by atoms with Crippen LogP contribution in [0.1, 0.15) is 23.2 Å². The Balaban J connectivity index is 1.60. The molecule has 1 saturated carbocycles. The number of nitrogens with zero attached hydrogens (tertiary/aromatic N) is 3. The third-order valence-corrected chi connectivity index (χ3v) is 2.99. The molecule has 1 amide bonds. The molecule has 2 aromatic rings. The van der Waals surface area contributed by atoms with Gasteiger partial charge in [-0.1, -0.05) is 0 Å². The Morgan fingerprint density at radius 1 is 1.39 bits per heavy atom. The van der Waals surface area contributed by atoms with E-state index in [2.05, 4.69) is 20.7 Å². The summed E-state index contributed by atoms with van der Waals surface area (Å²) in [5.41, 5.74) is 1.29. The SMILES string of the molecule is O=C(NCCNC1CC1)c1cnn2ccncc12. The molecule has 0 spiro atoms. The smallest absolute Gasteiger partial charge is 0.255 e. The lowest BCUT2D eigenvalue weighted by atomic mass is 10.3. The maximum atomic E-state index is 12.0. The number of carbonyl (C=O) groups is 1. The maximum Gasteiger partial charge on any atom is 0.255 e. The second-order valence-corrected chi connectivity index (χ2v) is 4.45. The van der Waals surface area contributed by atoms with E-state index in [0.29, 0.717) is 18.2 Å². The predicted octanol–water partition coefficient (Wildman–Crippen LogP) is 0.211. The molecule has 3 rings (SSSR count). The molecule has 18 heavy (non-hydrogen) atoms. The Morgan fingerprint density at radius 3 is 3.11 bits per heavy atom. The van der Waals surface area contributed by atoms with E-state index < -0.39 is 0 Å². The molecule has 0 unspecified atom stereocenters. The van der Waals surface area contributed by atoms with E-state index in [-0.39, 0.29) is 5.91 Å². The summed E-state index contributed by atoms with van der Waals surface area (Å²) in [7, 11) is 0. The Morgan fingerprint density at radius 2 is 2.28 bits per heavy atom. The van der Waals surface area contributed by atoms with Gasteiger partial charge in [-0.2, -0.15) is 5.10 Å². The van der Waals surface area contributed by atoms with Gasteiger partial charge in [-0.3, -0.25) is 9.78 Å². The fourth-order valence-electron chi connectivity index (χ4n) is 1.84. The number of fused-ring (bicyclic) bond motifs is 1. The molecular formula is C12H15N5O. The molecule has 0 saturated heterocycles. The largest absolute Gasteiger partial charge is 0.351 e. The number of hydrogen-bond donors (Lipinski definition) is 2. The van der Waals surface area contributed by atoms with E-state index in [1.807, 2.05) is 0 Å². The minimum Gasteiger partial charge on any atom is -0.351 e. The number of aromatic nitrogens is 3. The highest BCUT2D eigenvalue weighted by atomic mass is 16.1. The third kappa shape index (κ3) is 2.33. The highest BCUT2D eigenvalue weighted by Gasteiger charge is 2.19. The Labute approximate surface area is 104 Å². The van der Waals surface area contributed by atoms with E-state index in [9.17, 15) is 4.79 Å². The van der Waals surface area contributed by atoms with Crippen molar-refractivity contribution >= 4 is 11.4 Å². The fourth-order valence-corrected chi connectivity index (χ4v) is 1.84. The number of amides is 1. The molecule has 1 aliphatic carbocycles. The van der Waals surface area contributed by atoms with Crippen molar-refractivity contribution in [2.45, 2.75) is 18.9 Å². The van der Waals surface area contributed by atoms with Crippen LogP contribution in [0, 0.1) is 0 Å². The van der Waals surface area contributed by atoms with Gasteiger partial charge in [0.15, 0.2) is 0 Å². The summed E-state index contributed by atoms with van der Waals surface area (Å²) in [5, 5.41) is 10.3. The molecule has 6 nitrogen and oxygen atoms in total. The zero-order valence-corrected chi connectivity index (χ0v) is 9.97. The van der Waals surface area contributed by atoms with Gasteiger partial charge in [0, 0.05) is 31.5 Å². The van der Waals surface area contributed by atoms with Crippen LogP contribution in [-0.2, 0) is 0 Å². The molecule has 0 aliphatic heterocycles. The standard InChI is InChI=1S/C12H15N5O/c18-12(15-4-3-14-9-1-2-9)10-7-16-17-6-5-13-8-11(10)17/h5-9,14H,1-4H2,(H,15,18). The lowest BCUT2D eigenvalue weighted by molar-refractivity contribution is 0.0955. The van der Waals surface area contributed by atoms with E-state index in [4.69, 9.17) is 0 Å². The van der Waals surface area contributed by atoms with Gasteiger partial charge >= 0.3 is 0 Å². The number of carbonyl (C=O) groups excluding carboxylic acids is 1. The van der Waals surface area contributed by atoms with Crippen LogP contribution in [0.25, 0.3) is 5.52 Å². The van der Waals surface area contributed by atoms with E-state index in [0.717, 1.165) is 12.1 Å². The van der Waals surface area contributed by atoms with Crippen LogP contribution in [-0.4, -0.2) is 39.6 Å². The minimum atomic E-state index is -0.101. The van der Waals surface area contributed by atoms with Gasteiger partial charge in [-0.25, -0.2) is 4.52 Å². The highest BCUT2D eigenvalue weighted by Crippen LogP contribution is 2.17. The Kier molecular flexibility index (Phi) is 2.93. The molecule has 0 radical (unpaired) electrons. The quantitative estimate of drug-likeness (QED) is 0.739. The zero-order valence-electron chi connectivity index (χ0n) is 9.97. The van der Waals surface area contributed by atoms with Gasteiger partial charge in [0.1, 0.15) is 0 Å². The average Bonchev–Trinajstić information content (AvgIpc) is 3.11. The summed E-state index contributed by atoms with van der Waals surface area (Å²) in [6.45, 7) is 1.45. The van der Waals surface area contributed by atoms with Crippen LogP contribution in [0.2, 0.25) is 0 Å². The van der Waals surface area contributed by atoms with Gasteiger partial charge in [0.05, 0.1) is 23.5 Å². The summed E-state index contributed by atoms with van der Waals surface area (Å²) < 4.78 is 1.64. The third-order valence-electron chi connectivity index (χ3n) is 2.99. The van der Waals surface area contributed by atoms with Crippen LogP contribution in [0.5, 0.6) is 0 Å². The van der Waals surface area contributed by atoms with Crippen molar-refractivity contribution in [1.29, 1.82) is 0 Å². The summed E-state index contributed by atoms with van der Waals surface area (Å²) in [4.78, 5) is 16.0. The molecule has 2 N–H and O–H groups in total. The lowest BCUT2D eigenvalue weighted by Crippen LogP contribution is -2.32. The number of rotatable bonds is 5. The monoisotopic (exact) mass is 245 g/mol. The van der Waals surface area contributed by atoms with Crippen LogP contribution in [0.4, 0.5) is 0 Å². The van der Waals surface area contributed by atoms with E-state index >= 15 is 0 Å². The van der Waals surface area contributed by atoms with Crippen molar-refractivity contribution in [2.24, 2.45) is 0 Å². The first-order valence-corrected chi connectivity index (χ1v) is 6.13. The molecular weight excluding hydrogens is 230 g/mol. The van der Waals surface area contributed by atoms with Crippen molar-refractivity contribution in [2.75, 3.05) is 13.1 Å². The first-order chi connectivity index (χ1) is 8.84. The van der Waals surface area contributed by atoms with Gasteiger partial charge in [0.2, 0.25) is 0 Å². The second kappa shape index (κ2) is 4.73. The topological polar surface area (TPSA) is 71.3 Å². The van der Waals surface area contributed by atoms with Crippen molar-refractivity contribution in [1.82, 2.24) is 25.2 Å². The molecule has 2 aromatic heterocycles. The minimum absolute atomic E-state index is 0.101. The lowest BCUT2D eigenvalue weighted by Gasteiger charge is -2.04. The normalized spacial score (nSPS) is 14.9. The molecule has 6 heteroatoms. The molecule has 1 fully saturated rings. The van der Waals surface area contributed by atoms with Gasteiger partial charge in [0.25, 0.3) is 5.91 Å². The Hall–Kier alpha value is -1.95. The number of hydrogen-bond acceptors (Lipinski definition) is 4. The first kappa shape index (κ1) is 11.2.